The fourth-order valence-corrected chi connectivity index (χ4v) is 5.93. The molecule has 33 heavy (non-hydrogen) atoms. The molecule has 176 valence electrons. The molecule has 3 aromatic rings. The molecule has 0 unspecified atom stereocenters. The summed E-state index contributed by atoms with van der Waals surface area (Å²) in [6, 6.07) is 9.64. The van der Waals surface area contributed by atoms with Gasteiger partial charge < -0.3 is 4.90 Å². The van der Waals surface area contributed by atoms with E-state index >= 15 is 0 Å². The lowest BCUT2D eigenvalue weighted by Crippen LogP contribution is -2.41. The molecule has 1 N–H and O–H groups in total. The first kappa shape index (κ1) is 23.8. The number of hydrogen-bond acceptors (Lipinski definition) is 6. The average Bonchev–Trinajstić information content (AvgIpc) is 3.27. The lowest BCUT2D eigenvalue weighted by atomic mass is 9.74. The second-order valence-electron chi connectivity index (χ2n) is 8.80. The average molecular weight is 489 g/mol. The number of nitrogens with one attached hydrogen (secondary N) is 1. The zero-order chi connectivity index (χ0) is 23.6. The van der Waals surface area contributed by atoms with Crippen LogP contribution in [-0.2, 0) is 28.4 Å². The van der Waals surface area contributed by atoms with Gasteiger partial charge in [0.15, 0.2) is 11.6 Å². The quantitative estimate of drug-likeness (QED) is 0.527. The number of nitrogens with zero attached hydrogens (tertiary/aromatic N) is 3. The molecule has 0 bridgehead atoms. The summed E-state index contributed by atoms with van der Waals surface area (Å²) >= 11 is 1.40. The summed E-state index contributed by atoms with van der Waals surface area (Å²) in [6.07, 6.45) is 3.76. The minimum atomic E-state index is -3.89. The summed E-state index contributed by atoms with van der Waals surface area (Å²) in [5, 5.41) is 2.58. The third kappa shape index (κ3) is 5.26. The van der Waals surface area contributed by atoms with E-state index in [9.17, 15) is 12.8 Å². The number of sulfonamides is 1. The van der Waals surface area contributed by atoms with E-state index in [0.29, 0.717) is 18.1 Å². The maximum absolute atomic E-state index is 14.9. The highest BCUT2D eigenvalue weighted by atomic mass is 32.2. The summed E-state index contributed by atoms with van der Waals surface area (Å²) in [5.74, 6) is -0.424. The van der Waals surface area contributed by atoms with Crippen LogP contribution < -0.4 is 9.62 Å². The van der Waals surface area contributed by atoms with Crippen LogP contribution in [0.1, 0.15) is 48.5 Å². The maximum atomic E-state index is 14.9. The van der Waals surface area contributed by atoms with Gasteiger partial charge in [-0.1, -0.05) is 43.7 Å². The number of aryl methyl sites for hydroxylation is 2. The Morgan fingerprint density at radius 3 is 2.52 bits per heavy atom. The van der Waals surface area contributed by atoms with Gasteiger partial charge in [-0.3, -0.25) is 0 Å². The van der Waals surface area contributed by atoms with Crippen LogP contribution in [0, 0.1) is 12.7 Å². The number of rotatable bonds is 7. The van der Waals surface area contributed by atoms with Crippen molar-refractivity contribution in [2.45, 2.75) is 56.9 Å². The van der Waals surface area contributed by atoms with E-state index in [0.717, 1.165) is 31.0 Å². The number of aromatic nitrogens is 2. The molecule has 1 saturated heterocycles. The Hall–Kier alpha value is -2.36. The lowest BCUT2D eigenvalue weighted by molar-refractivity contribution is 0.359. The van der Waals surface area contributed by atoms with E-state index in [1.54, 1.807) is 0 Å². The van der Waals surface area contributed by atoms with Crippen LogP contribution in [0.25, 0.3) is 0 Å². The summed E-state index contributed by atoms with van der Waals surface area (Å²) in [5.41, 5.74) is 3.47. The van der Waals surface area contributed by atoms with E-state index < -0.39 is 15.8 Å². The van der Waals surface area contributed by atoms with Gasteiger partial charge in [0.2, 0.25) is 10.0 Å². The van der Waals surface area contributed by atoms with Gasteiger partial charge in [0.05, 0.1) is 12.2 Å². The number of pyridine rings is 1. The Balaban J connectivity index is 1.42. The number of halogens is 1. The monoisotopic (exact) mass is 488 g/mol. The van der Waals surface area contributed by atoms with E-state index in [-0.39, 0.29) is 22.7 Å². The third-order valence-corrected chi connectivity index (χ3v) is 8.66. The van der Waals surface area contributed by atoms with Crippen LogP contribution in [0.3, 0.4) is 0 Å². The second kappa shape index (κ2) is 9.48. The maximum Gasteiger partial charge on any atom is 0.242 e. The zero-order valence-electron chi connectivity index (χ0n) is 19.1. The second-order valence-corrected chi connectivity index (χ2v) is 11.5. The van der Waals surface area contributed by atoms with Crippen molar-refractivity contribution in [1.29, 1.82) is 0 Å². The minimum Gasteiger partial charge on any atom is -0.354 e. The molecule has 0 spiro atoms. The van der Waals surface area contributed by atoms with Crippen LogP contribution in [-0.4, -0.2) is 31.5 Å². The largest absolute Gasteiger partial charge is 0.354 e. The molecule has 6 nitrogen and oxygen atoms in total. The predicted octanol–water partition coefficient (Wildman–Crippen LogP) is 4.58. The Kier molecular flexibility index (Phi) is 6.83. The third-order valence-electron chi connectivity index (χ3n) is 6.40. The fraction of sp³-hybridized carbons (Fsp3) is 0.417. The molecule has 1 aliphatic rings. The van der Waals surface area contributed by atoms with Gasteiger partial charge in [-0.25, -0.2) is 27.5 Å². The van der Waals surface area contributed by atoms with Crippen molar-refractivity contribution in [2.75, 3.05) is 18.0 Å². The minimum absolute atomic E-state index is 0.0291. The number of thiazole rings is 1. The van der Waals surface area contributed by atoms with Crippen molar-refractivity contribution in [3.8, 4) is 0 Å². The molecular weight excluding hydrogens is 459 g/mol. The first-order valence-corrected chi connectivity index (χ1v) is 13.5. The fourth-order valence-electron chi connectivity index (χ4n) is 4.08. The highest BCUT2D eigenvalue weighted by Gasteiger charge is 2.33. The highest BCUT2D eigenvalue weighted by molar-refractivity contribution is 7.89. The van der Waals surface area contributed by atoms with Crippen LogP contribution in [0.2, 0.25) is 0 Å². The predicted molar refractivity (Wildman–Crippen MR) is 130 cm³/mol. The summed E-state index contributed by atoms with van der Waals surface area (Å²) in [4.78, 5) is 10.3. The standard InChI is InChI=1S/C24H29FN4O2S2/c1-4-19-16-32-22(28-19)15-27-33(30,31)20-13-21(25)23(26-14-20)29-11-9-24(3,10-12-29)18-7-5-17(2)6-8-18/h5-8,13-14,16,27H,4,9-12,15H2,1-3H3. The van der Waals surface area contributed by atoms with Gasteiger partial charge in [-0.05, 0) is 43.2 Å². The number of piperidine rings is 1. The van der Waals surface area contributed by atoms with Gasteiger partial charge in [-0.15, -0.1) is 11.3 Å². The van der Waals surface area contributed by atoms with Gasteiger partial charge in [0.1, 0.15) is 9.90 Å². The Morgan fingerprint density at radius 2 is 1.91 bits per heavy atom. The van der Waals surface area contributed by atoms with Crippen molar-refractivity contribution >= 4 is 27.2 Å². The molecule has 2 aromatic heterocycles. The molecule has 0 atom stereocenters. The van der Waals surface area contributed by atoms with E-state index in [1.807, 2.05) is 17.2 Å². The SMILES string of the molecule is CCc1csc(CNS(=O)(=O)c2cnc(N3CCC(C)(c4ccc(C)cc4)CC3)c(F)c2)n1. The van der Waals surface area contributed by atoms with Crippen molar-refractivity contribution < 1.29 is 12.8 Å². The van der Waals surface area contributed by atoms with E-state index in [2.05, 4.69) is 52.8 Å². The molecule has 3 heterocycles. The number of anilines is 1. The lowest BCUT2D eigenvalue weighted by Gasteiger charge is -2.40. The van der Waals surface area contributed by atoms with Crippen LogP contribution >= 0.6 is 11.3 Å². The highest BCUT2D eigenvalue weighted by Crippen LogP contribution is 2.36. The number of hydrogen-bond donors (Lipinski definition) is 1. The molecule has 1 fully saturated rings. The molecular formula is C24H29FN4O2S2. The Morgan fingerprint density at radius 1 is 1.21 bits per heavy atom. The molecule has 1 aromatic carbocycles. The van der Waals surface area contributed by atoms with E-state index in [1.165, 1.54) is 28.7 Å². The normalized spacial score (nSPS) is 16.2. The van der Waals surface area contributed by atoms with Crippen LogP contribution in [0.5, 0.6) is 0 Å². The van der Waals surface area contributed by atoms with Gasteiger partial charge in [0, 0.05) is 24.7 Å². The summed E-state index contributed by atoms with van der Waals surface area (Å²) in [7, 11) is -3.89. The molecule has 9 heteroatoms. The van der Waals surface area contributed by atoms with Crippen molar-refractivity contribution in [3.63, 3.8) is 0 Å². The molecule has 0 amide bonds. The van der Waals surface area contributed by atoms with Gasteiger partial charge in [0.25, 0.3) is 0 Å². The topological polar surface area (TPSA) is 75.2 Å². The molecule has 0 saturated carbocycles. The molecule has 1 aliphatic heterocycles. The van der Waals surface area contributed by atoms with Crippen molar-refractivity contribution in [3.05, 3.63) is 69.6 Å². The zero-order valence-corrected chi connectivity index (χ0v) is 20.8. The molecule has 4 rings (SSSR count). The first-order valence-electron chi connectivity index (χ1n) is 11.1. The van der Waals surface area contributed by atoms with Crippen molar-refractivity contribution in [1.82, 2.24) is 14.7 Å². The summed E-state index contributed by atoms with van der Waals surface area (Å²) in [6.45, 7) is 7.69. The summed E-state index contributed by atoms with van der Waals surface area (Å²) < 4.78 is 42.7. The van der Waals surface area contributed by atoms with Crippen molar-refractivity contribution in [2.24, 2.45) is 0 Å². The molecule has 0 aliphatic carbocycles. The van der Waals surface area contributed by atoms with Gasteiger partial charge in [-0.2, -0.15) is 0 Å². The Bertz CT molecular complexity index is 1220. The van der Waals surface area contributed by atoms with Crippen LogP contribution in [0.4, 0.5) is 10.2 Å². The Labute approximate surface area is 199 Å². The first-order chi connectivity index (χ1) is 15.7. The van der Waals surface area contributed by atoms with E-state index in [4.69, 9.17) is 0 Å². The van der Waals surface area contributed by atoms with Crippen LogP contribution in [0.15, 0.2) is 46.8 Å². The van der Waals surface area contributed by atoms with Gasteiger partial charge >= 0.3 is 0 Å². The molecule has 0 radical (unpaired) electrons. The number of benzene rings is 1. The smallest absolute Gasteiger partial charge is 0.242 e.